The van der Waals surface area contributed by atoms with Crippen LogP contribution >= 0.6 is 0 Å². The number of rotatable bonds is 8. The van der Waals surface area contributed by atoms with Gasteiger partial charge in [-0.1, -0.05) is 6.92 Å². The van der Waals surface area contributed by atoms with E-state index in [2.05, 4.69) is 10.2 Å². The van der Waals surface area contributed by atoms with Crippen molar-refractivity contribution in [2.45, 2.75) is 45.1 Å². The molecule has 5 heteroatoms. The van der Waals surface area contributed by atoms with Crippen molar-refractivity contribution in [1.82, 2.24) is 10.2 Å². The highest BCUT2D eigenvalue weighted by Gasteiger charge is 2.24. The summed E-state index contributed by atoms with van der Waals surface area (Å²) in [6.45, 7) is 6.11. The Bertz CT molecular complexity index is 366. The van der Waals surface area contributed by atoms with E-state index in [0.29, 0.717) is 5.75 Å². The first kappa shape index (κ1) is 15.3. The van der Waals surface area contributed by atoms with Crippen molar-refractivity contribution >= 4 is 9.84 Å². The molecule has 0 aromatic carbocycles. The van der Waals surface area contributed by atoms with Gasteiger partial charge in [0.15, 0.2) is 0 Å². The monoisotopic (exact) mass is 288 g/mol. The number of nitrogens with zero attached hydrogens (tertiary/aromatic N) is 1. The molecule has 1 atom stereocenters. The molecule has 1 N–H and O–H groups in total. The Hall–Kier alpha value is -0.130. The van der Waals surface area contributed by atoms with Gasteiger partial charge in [-0.05, 0) is 57.7 Å². The summed E-state index contributed by atoms with van der Waals surface area (Å²) >= 11 is 0. The van der Waals surface area contributed by atoms with E-state index in [1.54, 1.807) is 6.92 Å². The number of hydrogen-bond donors (Lipinski definition) is 1. The van der Waals surface area contributed by atoms with E-state index in [0.717, 1.165) is 44.6 Å². The lowest BCUT2D eigenvalue weighted by molar-refractivity contribution is 0.172. The van der Waals surface area contributed by atoms with Crippen molar-refractivity contribution in [2.24, 2.45) is 5.92 Å². The molecule has 2 rings (SSSR count). The Balaban J connectivity index is 1.62. The quantitative estimate of drug-likeness (QED) is 0.731. The molecule has 0 spiro atoms. The van der Waals surface area contributed by atoms with Gasteiger partial charge < -0.3 is 10.2 Å². The van der Waals surface area contributed by atoms with Crippen molar-refractivity contribution in [1.29, 1.82) is 0 Å². The molecule has 0 radical (unpaired) electrons. The summed E-state index contributed by atoms with van der Waals surface area (Å²) in [4.78, 5) is 2.45. The van der Waals surface area contributed by atoms with Gasteiger partial charge in [-0.3, -0.25) is 0 Å². The van der Waals surface area contributed by atoms with E-state index < -0.39 is 9.84 Å². The smallest absolute Gasteiger partial charge is 0.150 e. The fraction of sp³-hybridized carbons (Fsp3) is 1.00. The molecular formula is C14H28N2O2S. The van der Waals surface area contributed by atoms with Gasteiger partial charge in [-0.15, -0.1) is 0 Å². The number of piperidine rings is 1. The molecule has 0 aromatic rings. The van der Waals surface area contributed by atoms with Gasteiger partial charge in [0, 0.05) is 18.3 Å². The van der Waals surface area contributed by atoms with E-state index in [4.69, 9.17) is 0 Å². The fourth-order valence-electron chi connectivity index (χ4n) is 2.79. The van der Waals surface area contributed by atoms with Crippen molar-refractivity contribution < 1.29 is 8.42 Å². The second-order valence-electron chi connectivity index (χ2n) is 6.08. The average Bonchev–Trinajstić information content (AvgIpc) is 3.21. The minimum absolute atomic E-state index is 0.279. The standard InChI is InChI=1S/C14H28N2O2S/c1-2-19(17,18)10-4-9-16-8-3-5-13(12-16)11-15-14-6-7-14/h13-15H,2-12H2,1H3. The molecule has 4 nitrogen and oxygen atoms in total. The largest absolute Gasteiger partial charge is 0.314 e. The van der Waals surface area contributed by atoms with Crippen molar-refractivity contribution in [3.05, 3.63) is 0 Å². The minimum Gasteiger partial charge on any atom is -0.314 e. The van der Waals surface area contributed by atoms with Crippen LogP contribution in [-0.4, -0.2) is 57.0 Å². The third-order valence-corrected chi connectivity index (χ3v) is 6.04. The Morgan fingerprint density at radius 3 is 2.74 bits per heavy atom. The first-order valence-corrected chi connectivity index (χ1v) is 9.57. The predicted molar refractivity (Wildman–Crippen MR) is 79.1 cm³/mol. The summed E-state index contributed by atoms with van der Waals surface area (Å²) in [5, 5.41) is 3.61. The Labute approximate surface area is 117 Å². The number of nitrogens with one attached hydrogen (secondary N) is 1. The molecule has 112 valence electrons. The lowest BCUT2D eigenvalue weighted by Crippen LogP contribution is -2.40. The van der Waals surface area contributed by atoms with Gasteiger partial charge in [-0.25, -0.2) is 8.42 Å². The number of likely N-dealkylation sites (tertiary alicyclic amines) is 1. The van der Waals surface area contributed by atoms with Crippen LogP contribution in [0.3, 0.4) is 0 Å². The molecule has 0 bridgehead atoms. The van der Waals surface area contributed by atoms with Crippen LogP contribution in [0.2, 0.25) is 0 Å². The van der Waals surface area contributed by atoms with Crippen LogP contribution < -0.4 is 5.32 Å². The van der Waals surface area contributed by atoms with Gasteiger partial charge in [0.25, 0.3) is 0 Å². The van der Waals surface area contributed by atoms with Gasteiger partial charge in [0.05, 0.1) is 5.75 Å². The first-order valence-electron chi connectivity index (χ1n) is 7.75. The van der Waals surface area contributed by atoms with Gasteiger partial charge >= 0.3 is 0 Å². The Morgan fingerprint density at radius 2 is 2.05 bits per heavy atom. The third-order valence-electron chi connectivity index (χ3n) is 4.25. The summed E-state index contributed by atoms with van der Waals surface area (Å²) in [5.41, 5.74) is 0. The van der Waals surface area contributed by atoms with E-state index in [-0.39, 0.29) is 5.75 Å². The summed E-state index contributed by atoms with van der Waals surface area (Å²) in [6.07, 6.45) is 6.08. The van der Waals surface area contributed by atoms with E-state index in [1.807, 2.05) is 0 Å². The van der Waals surface area contributed by atoms with Crippen LogP contribution in [-0.2, 0) is 9.84 Å². The molecule has 1 saturated heterocycles. The van der Waals surface area contributed by atoms with Gasteiger partial charge in [-0.2, -0.15) is 0 Å². The number of hydrogen-bond acceptors (Lipinski definition) is 4. The predicted octanol–water partition coefficient (Wildman–Crippen LogP) is 1.28. The molecule has 1 aliphatic heterocycles. The highest BCUT2D eigenvalue weighted by atomic mass is 32.2. The van der Waals surface area contributed by atoms with Crippen molar-refractivity contribution in [3.63, 3.8) is 0 Å². The minimum atomic E-state index is -2.79. The second kappa shape index (κ2) is 7.04. The average molecular weight is 288 g/mol. The summed E-state index contributed by atoms with van der Waals surface area (Å²) in [7, 11) is -2.79. The highest BCUT2D eigenvalue weighted by molar-refractivity contribution is 7.91. The molecule has 2 aliphatic rings. The molecule has 1 saturated carbocycles. The molecular weight excluding hydrogens is 260 g/mol. The van der Waals surface area contributed by atoms with Gasteiger partial charge in [0.1, 0.15) is 9.84 Å². The molecule has 19 heavy (non-hydrogen) atoms. The van der Waals surface area contributed by atoms with Crippen LogP contribution in [0, 0.1) is 5.92 Å². The zero-order valence-corrected chi connectivity index (χ0v) is 12.9. The fourth-order valence-corrected chi connectivity index (χ4v) is 3.65. The molecule has 0 amide bonds. The SMILES string of the molecule is CCS(=O)(=O)CCCN1CCCC(CNC2CC2)C1. The normalized spacial score (nSPS) is 25.6. The summed E-state index contributed by atoms with van der Waals surface area (Å²) < 4.78 is 22.9. The van der Waals surface area contributed by atoms with E-state index >= 15 is 0 Å². The van der Waals surface area contributed by atoms with Crippen molar-refractivity contribution in [2.75, 3.05) is 37.7 Å². The van der Waals surface area contributed by atoms with Crippen LogP contribution in [0.15, 0.2) is 0 Å². The Kier molecular flexibility index (Phi) is 5.66. The third kappa shape index (κ3) is 5.79. The lowest BCUT2D eigenvalue weighted by atomic mass is 9.98. The summed E-state index contributed by atoms with van der Waals surface area (Å²) in [5.74, 6) is 1.39. The van der Waals surface area contributed by atoms with Crippen LogP contribution in [0.4, 0.5) is 0 Å². The zero-order valence-electron chi connectivity index (χ0n) is 12.1. The maximum Gasteiger partial charge on any atom is 0.150 e. The number of sulfone groups is 1. The first-order chi connectivity index (χ1) is 9.09. The second-order valence-corrected chi connectivity index (χ2v) is 8.55. The molecule has 0 aromatic heterocycles. The molecule has 2 fully saturated rings. The lowest BCUT2D eigenvalue weighted by Gasteiger charge is -2.32. The maximum absolute atomic E-state index is 11.5. The van der Waals surface area contributed by atoms with Crippen LogP contribution in [0.25, 0.3) is 0 Å². The van der Waals surface area contributed by atoms with Crippen LogP contribution in [0.1, 0.15) is 39.0 Å². The van der Waals surface area contributed by atoms with E-state index in [1.165, 1.54) is 25.7 Å². The van der Waals surface area contributed by atoms with E-state index in [9.17, 15) is 8.42 Å². The van der Waals surface area contributed by atoms with Crippen molar-refractivity contribution in [3.8, 4) is 0 Å². The van der Waals surface area contributed by atoms with Crippen LogP contribution in [0.5, 0.6) is 0 Å². The topological polar surface area (TPSA) is 49.4 Å². The molecule has 1 heterocycles. The maximum atomic E-state index is 11.5. The zero-order chi connectivity index (χ0) is 13.7. The highest BCUT2D eigenvalue weighted by Crippen LogP contribution is 2.21. The molecule has 1 unspecified atom stereocenters. The van der Waals surface area contributed by atoms with Gasteiger partial charge in [0.2, 0.25) is 0 Å². The molecule has 1 aliphatic carbocycles. The summed E-state index contributed by atoms with van der Waals surface area (Å²) in [6, 6.07) is 0.796. The Morgan fingerprint density at radius 1 is 1.26 bits per heavy atom.